The smallest absolute Gasteiger partial charge is 0.193 e. The molecule has 13 heavy (non-hydrogen) atoms. The van der Waals surface area contributed by atoms with E-state index in [-0.39, 0.29) is 0 Å². The van der Waals surface area contributed by atoms with Crippen molar-refractivity contribution < 1.29 is 4.74 Å². The number of halogens is 1. The molecule has 0 bridgehead atoms. The summed E-state index contributed by atoms with van der Waals surface area (Å²) in [5.74, 6) is 0. The molecule has 72 valence electrons. The normalized spacial score (nSPS) is 18.8. The third-order valence-electron chi connectivity index (χ3n) is 2.14. The number of piperidine rings is 1. The Kier molecular flexibility index (Phi) is 3.09. The van der Waals surface area contributed by atoms with Gasteiger partial charge >= 0.3 is 0 Å². The van der Waals surface area contributed by atoms with Gasteiger partial charge in [0.05, 0.1) is 5.02 Å². The summed E-state index contributed by atoms with van der Waals surface area (Å²) in [7, 11) is 0. The van der Waals surface area contributed by atoms with Crippen molar-refractivity contribution in [2.75, 3.05) is 13.1 Å². The van der Waals surface area contributed by atoms with Crippen molar-refractivity contribution in [2.45, 2.75) is 18.9 Å². The van der Waals surface area contributed by atoms with Gasteiger partial charge in [0.2, 0.25) is 0 Å². The summed E-state index contributed by atoms with van der Waals surface area (Å²) >= 11 is 7.50. The van der Waals surface area contributed by atoms with Crippen LogP contribution in [0.3, 0.4) is 0 Å². The first-order chi connectivity index (χ1) is 6.36. The van der Waals surface area contributed by atoms with Crippen LogP contribution in [-0.4, -0.2) is 19.2 Å². The molecule has 2 heterocycles. The number of thiophene rings is 1. The van der Waals surface area contributed by atoms with Crippen LogP contribution >= 0.6 is 22.9 Å². The summed E-state index contributed by atoms with van der Waals surface area (Å²) in [5, 5.41) is 6.86. The van der Waals surface area contributed by atoms with Gasteiger partial charge in [0.15, 0.2) is 5.06 Å². The van der Waals surface area contributed by atoms with E-state index in [0.717, 1.165) is 36.0 Å². The van der Waals surface area contributed by atoms with Gasteiger partial charge in [-0.3, -0.25) is 0 Å². The predicted molar refractivity (Wildman–Crippen MR) is 55.8 cm³/mol. The molecule has 1 aliphatic heterocycles. The van der Waals surface area contributed by atoms with Crippen LogP contribution in [0.25, 0.3) is 0 Å². The number of hydrogen-bond donors (Lipinski definition) is 1. The fourth-order valence-corrected chi connectivity index (χ4v) is 2.44. The second-order valence-corrected chi connectivity index (χ2v) is 4.41. The molecular formula is C9H12ClNOS. The highest BCUT2D eigenvalue weighted by atomic mass is 35.5. The Morgan fingerprint density at radius 1 is 1.46 bits per heavy atom. The summed E-state index contributed by atoms with van der Waals surface area (Å²) in [4.78, 5) is 0. The van der Waals surface area contributed by atoms with Crippen molar-refractivity contribution in [3.8, 4) is 5.06 Å². The molecule has 0 unspecified atom stereocenters. The SMILES string of the molecule is Clc1ccsc1OC1CCNCC1. The fourth-order valence-electron chi connectivity index (χ4n) is 1.43. The molecule has 2 rings (SSSR count). The Morgan fingerprint density at radius 3 is 2.85 bits per heavy atom. The maximum atomic E-state index is 5.93. The summed E-state index contributed by atoms with van der Waals surface area (Å²) < 4.78 is 5.77. The average Bonchev–Trinajstić information content (AvgIpc) is 2.54. The lowest BCUT2D eigenvalue weighted by molar-refractivity contribution is 0.168. The van der Waals surface area contributed by atoms with Gasteiger partial charge in [-0.05, 0) is 37.4 Å². The lowest BCUT2D eigenvalue weighted by atomic mass is 10.1. The van der Waals surface area contributed by atoms with E-state index in [0.29, 0.717) is 6.10 Å². The zero-order valence-corrected chi connectivity index (χ0v) is 8.83. The predicted octanol–water partition coefficient (Wildman–Crippen LogP) is 2.53. The minimum atomic E-state index is 0.345. The number of rotatable bonds is 2. The number of ether oxygens (including phenoxy) is 1. The molecule has 1 saturated heterocycles. The molecule has 0 amide bonds. The van der Waals surface area contributed by atoms with Crippen LogP contribution in [0, 0.1) is 0 Å². The van der Waals surface area contributed by atoms with Gasteiger partial charge in [-0.2, -0.15) is 0 Å². The van der Waals surface area contributed by atoms with Crippen LogP contribution in [-0.2, 0) is 0 Å². The van der Waals surface area contributed by atoms with Crippen LogP contribution in [0.5, 0.6) is 5.06 Å². The Balaban J connectivity index is 1.93. The standard InChI is InChI=1S/C9H12ClNOS/c10-8-3-6-13-9(8)12-7-1-4-11-5-2-7/h3,6-7,11H,1-2,4-5H2. The van der Waals surface area contributed by atoms with Crippen molar-refractivity contribution >= 4 is 22.9 Å². The molecule has 1 aromatic rings. The van der Waals surface area contributed by atoms with E-state index in [2.05, 4.69) is 5.32 Å². The average molecular weight is 218 g/mol. The largest absolute Gasteiger partial charge is 0.479 e. The molecule has 1 N–H and O–H groups in total. The summed E-state index contributed by atoms with van der Waals surface area (Å²) in [6, 6.07) is 1.88. The van der Waals surface area contributed by atoms with Crippen molar-refractivity contribution in [1.82, 2.24) is 5.32 Å². The second kappa shape index (κ2) is 4.31. The van der Waals surface area contributed by atoms with Gasteiger partial charge in [-0.15, -0.1) is 11.3 Å². The third-order valence-corrected chi connectivity index (χ3v) is 3.36. The van der Waals surface area contributed by atoms with Gasteiger partial charge in [0.1, 0.15) is 6.10 Å². The lowest BCUT2D eigenvalue weighted by Crippen LogP contribution is -2.33. The Hall–Kier alpha value is -0.250. The molecule has 4 heteroatoms. The van der Waals surface area contributed by atoms with Crippen LogP contribution in [0.2, 0.25) is 5.02 Å². The highest BCUT2D eigenvalue weighted by Crippen LogP contribution is 2.32. The molecule has 0 radical (unpaired) electrons. The van der Waals surface area contributed by atoms with E-state index >= 15 is 0 Å². The highest BCUT2D eigenvalue weighted by Gasteiger charge is 2.16. The van der Waals surface area contributed by atoms with Crippen LogP contribution in [0.1, 0.15) is 12.8 Å². The summed E-state index contributed by atoms with van der Waals surface area (Å²) in [5.41, 5.74) is 0. The maximum absolute atomic E-state index is 5.93. The minimum absolute atomic E-state index is 0.345. The molecule has 0 aliphatic carbocycles. The first-order valence-corrected chi connectivity index (χ1v) is 5.72. The minimum Gasteiger partial charge on any atom is -0.479 e. The molecular weight excluding hydrogens is 206 g/mol. The molecule has 0 saturated carbocycles. The molecule has 1 fully saturated rings. The fraction of sp³-hybridized carbons (Fsp3) is 0.556. The van der Waals surface area contributed by atoms with Gasteiger partial charge in [-0.25, -0.2) is 0 Å². The topological polar surface area (TPSA) is 21.3 Å². The maximum Gasteiger partial charge on any atom is 0.193 e. The monoisotopic (exact) mass is 217 g/mol. The zero-order valence-electron chi connectivity index (χ0n) is 7.25. The Labute approximate surface area is 86.9 Å². The van der Waals surface area contributed by atoms with E-state index in [4.69, 9.17) is 16.3 Å². The van der Waals surface area contributed by atoms with Crippen molar-refractivity contribution in [1.29, 1.82) is 0 Å². The molecule has 0 spiro atoms. The quantitative estimate of drug-likeness (QED) is 0.822. The lowest BCUT2D eigenvalue weighted by Gasteiger charge is -2.23. The number of hydrogen-bond acceptors (Lipinski definition) is 3. The van der Waals surface area contributed by atoms with Crippen molar-refractivity contribution in [2.24, 2.45) is 0 Å². The van der Waals surface area contributed by atoms with E-state index < -0.39 is 0 Å². The second-order valence-electron chi connectivity index (χ2n) is 3.12. The van der Waals surface area contributed by atoms with Crippen LogP contribution < -0.4 is 10.1 Å². The van der Waals surface area contributed by atoms with E-state index in [1.807, 2.05) is 11.4 Å². The third kappa shape index (κ3) is 2.36. The van der Waals surface area contributed by atoms with Crippen molar-refractivity contribution in [3.63, 3.8) is 0 Å². The van der Waals surface area contributed by atoms with Gasteiger partial charge in [-0.1, -0.05) is 11.6 Å². The molecule has 0 aromatic carbocycles. The highest BCUT2D eigenvalue weighted by molar-refractivity contribution is 7.12. The first kappa shape index (κ1) is 9.31. The summed E-state index contributed by atoms with van der Waals surface area (Å²) in [6.07, 6.45) is 2.50. The van der Waals surface area contributed by atoms with Crippen LogP contribution in [0.4, 0.5) is 0 Å². The molecule has 1 aliphatic rings. The first-order valence-electron chi connectivity index (χ1n) is 4.46. The molecule has 1 aromatic heterocycles. The van der Waals surface area contributed by atoms with E-state index in [9.17, 15) is 0 Å². The van der Waals surface area contributed by atoms with Gasteiger partial charge in [0, 0.05) is 0 Å². The van der Waals surface area contributed by atoms with Crippen molar-refractivity contribution in [3.05, 3.63) is 16.5 Å². The zero-order chi connectivity index (χ0) is 9.10. The van der Waals surface area contributed by atoms with E-state index in [1.54, 1.807) is 11.3 Å². The molecule has 2 nitrogen and oxygen atoms in total. The number of nitrogens with one attached hydrogen (secondary N) is 1. The van der Waals surface area contributed by atoms with Gasteiger partial charge in [0.25, 0.3) is 0 Å². The Morgan fingerprint density at radius 2 is 2.23 bits per heavy atom. The Bertz CT molecular complexity index is 270. The van der Waals surface area contributed by atoms with E-state index in [1.165, 1.54) is 0 Å². The van der Waals surface area contributed by atoms with Gasteiger partial charge < -0.3 is 10.1 Å². The van der Waals surface area contributed by atoms with Crippen LogP contribution in [0.15, 0.2) is 11.4 Å². The summed E-state index contributed by atoms with van der Waals surface area (Å²) in [6.45, 7) is 2.10. The molecule has 0 atom stereocenters.